The Morgan fingerprint density at radius 1 is 1.11 bits per heavy atom. The molecule has 2 heterocycles. The molecule has 1 unspecified atom stereocenters. The first-order chi connectivity index (χ1) is 13.6. The number of urea groups is 1. The molecule has 1 fully saturated rings. The van der Waals surface area contributed by atoms with Gasteiger partial charge in [-0.3, -0.25) is 4.79 Å². The van der Waals surface area contributed by atoms with Crippen LogP contribution in [0.2, 0.25) is 0 Å². The maximum atomic E-state index is 12.5. The third-order valence-corrected chi connectivity index (χ3v) is 5.20. The molecule has 1 aliphatic rings. The van der Waals surface area contributed by atoms with Crippen molar-refractivity contribution in [2.24, 2.45) is 0 Å². The fourth-order valence-corrected chi connectivity index (χ4v) is 3.32. The summed E-state index contributed by atoms with van der Waals surface area (Å²) in [5.74, 6) is 0.422. The minimum Gasteiger partial charge on any atom is -0.337 e. The Bertz CT molecular complexity index is 811. The molecule has 1 atom stereocenters. The lowest BCUT2D eigenvalue weighted by molar-refractivity contribution is -0.117. The number of thioether (sulfide) groups is 1. The molecule has 8 nitrogen and oxygen atoms in total. The molecule has 1 aromatic heterocycles. The molecule has 0 radical (unpaired) electrons. The SMILES string of the molecule is CSc1cccc(NC(=O)C(C)NC(=O)N2CCN(c3ncccn3)CC2)c1. The number of benzene rings is 1. The molecule has 2 N–H and O–H groups in total. The van der Waals surface area contributed by atoms with Crippen molar-refractivity contribution in [3.63, 3.8) is 0 Å². The summed E-state index contributed by atoms with van der Waals surface area (Å²) in [6, 6.07) is 8.50. The second-order valence-corrected chi connectivity index (χ2v) is 7.29. The van der Waals surface area contributed by atoms with Gasteiger partial charge in [0.15, 0.2) is 0 Å². The van der Waals surface area contributed by atoms with E-state index in [2.05, 4.69) is 20.6 Å². The number of aromatic nitrogens is 2. The summed E-state index contributed by atoms with van der Waals surface area (Å²) in [5, 5.41) is 5.62. The van der Waals surface area contributed by atoms with Crippen LogP contribution >= 0.6 is 11.8 Å². The number of piperazine rings is 1. The molecule has 3 rings (SSSR count). The smallest absolute Gasteiger partial charge is 0.318 e. The molecule has 1 aromatic carbocycles. The first-order valence-electron chi connectivity index (χ1n) is 9.09. The van der Waals surface area contributed by atoms with Crippen molar-refractivity contribution in [3.8, 4) is 0 Å². The number of hydrogen-bond acceptors (Lipinski definition) is 6. The predicted molar refractivity (Wildman–Crippen MR) is 111 cm³/mol. The molecule has 0 saturated carbocycles. The van der Waals surface area contributed by atoms with Crippen molar-refractivity contribution in [3.05, 3.63) is 42.7 Å². The van der Waals surface area contributed by atoms with Crippen LogP contribution in [-0.4, -0.2) is 65.3 Å². The van der Waals surface area contributed by atoms with Gasteiger partial charge in [0.05, 0.1) is 0 Å². The number of carbonyl (C=O) groups is 2. The summed E-state index contributed by atoms with van der Waals surface area (Å²) in [5.41, 5.74) is 0.717. The highest BCUT2D eigenvalue weighted by molar-refractivity contribution is 7.98. The zero-order valence-electron chi connectivity index (χ0n) is 16.0. The second kappa shape index (κ2) is 9.41. The first-order valence-corrected chi connectivity index (χ1v) is 10.3. The van der Waals surface area contributed by atoms with Gasteiger partial charge in [0, 0.05) is 49.2 Å². The molecule has 0 aliphatic carbocycles. The molecule has 0 spiro atoms. The molecule has 9 heteroatoms. The van der Waals surface area contributed by atoms with Crippen molar-refractivity contribution in [1.82, 2.24) is 20.2 Å². The third-order valence-electron chi connectivity index (χ3n) is 4.47. The average molecular weight is 401 g/mol. The Hall–Kier alpha value is -2.81. The Labute approximate surface area is 168 Å². The molecular weight excluding hydrogens is 376 g/mol. The van der Waals surface area contributed by atoms with Gasteiger partial charge in [-0.25, -0.2) is 14.8 Å². The number of hydrogen-bond donors (Lipinski definition) is 2. The van der Waals surface area contributed by atoms with Crippen LogP contribution in [0.3, 0.4) is 0 Å². The van der Waals surface area contributed by atoms with Crippen LogP contribution in [0.5, 0.6) is 0 Å². The number of amides is 3. The largest absolute Gasteiger partial charge is 0.337 e. The Balaban J connectivity index is 1.48. The molecule has 2 aromatic rings. The van der Waals surface area contributed by atoms with Crippen LogP contribution in [0.4, 0.5) is 16.4 Å². The number of nitrogens with one attached hydrogen (secondary N) is 2. The van der Waals surface area contributed by atoms with Gasteiger partial charge in [-0.05, 0) is 37.4 Å². The van der Waals surface area contributed by atoms with Crippen molar-refractivity contribution >= 4 is 35.3 Å². The van der Waals surface area contributed by atoms with E-state index >= 15 is 0 Å². The maximum absolute atomic E-state index is 12.5. The summed E-state index contributed by atoms with van der Waals surface area (Å²) in [6.07, 6.45) is 5.39. The molecular formula is C19H24N6O2S. The van der Waals surface area contributed by atoms with E-state index in [-0.39, 0.29) is 11.9 Å². The third kappa shape index (κ3) is 5.13. The van der Waals surface area contributed by atoms with E-state index in [4.69, 9.17) is 0 Å². The van der Waals surface area contributed by atoms with E-state index in [1.807, 2.05) is 35.4 Å². The van der Waals surface area contributed by atoms with Crippen LogP contribution in [0.25, 0.3) is 0 Å². The van der Waals surface area contributed by atoms with Crippen LogP contribution in [0.1, 0.15) is 6.92 Å². The van der Waals surface area contributed by atoms with Gasteiger partial charge >= 0.3 is 6.03 Å². The van der Waals surface area contributed by atoms with Crippen molar-refractivity contribution in [1.29, 1.82) is 0 Å². The van der Waals surface area contributed by atoms with Gasteiger partial charge in [0.1, 0.15) is 6.04 Å². The summed E-state index contributed by atoms with van der Waals surface area (Å²) >= 11 is 1.61. The molecule has 1 saturated heterocycles. The van der Waals surface area contributed by atoms with Crippen LogP contribution < -0.4 is 15.5 Å². The lowest BCUT2D eigenvalue weighted by atomic mass is 10.2. The zero-order chi connectivity index (χ0) is 19.9. The Morgan fingerprint density at radius 2 is 1.82 bits per heavy atom. The molecule has 0 bridgehead atoms. The quantitative estimate of drug-likeness (QED) is 0.747. The molecule has 28 heavy (non-hydrogen) atoms. The van der Waals surface area contributed by atoms with E-state index in [1.54, 1.807) is 42.0 Å². The Morgan fingerprint density at radius 3 is 2.50 bits per heavy atom. The lowest BCUT2D eigenvalue weighted by Crippen LogP contribution is -2.55. The van der Waals surface area contributed by atoms with Crippen LogP contribution in [0, 0.1) is 0 Å². The number of rotatable bonds is 5. The second-order valence-electron chi connectivity index (χ2n) is 6.42. The summed E-state index contributed by atoms with van der Waals surface area (Å²) in [4.78, 5) is 38.2. The van der Waals surface area contributed by atoms with Gasteiger partial charge in [0.2, 0.25) is 11.9 Å². The summed E-state index contributed by atoms with van der Waals surface area (Å²) in [6.45, 7) is 4.08. The van der Waals surface area contributed by atoms with Gasteiger partial charge < -0.3 is 20.4 Å². The van der Waals surface area contributed by atoms with Crippen molar-refractivity contribution in [2.45, 2.75) is 17.9 Å². The Kier molecular flexibility index (Phi) is 6.70. The normalized spacial score (nSPS) is 15.1. The maximum Gasteiger partial charge on any atom is 0.318 e. The minimum absolute atomic E-state index is 0.242. The van der Waals surface area contributed by atoms with Crippen LogP contribution in [-0.2, 0) is 4.79 Å². The van der Waals surface area contributed by atoms with E-state index in [9.17, 15) is 9.59 Å². The summed E-state index contributed by atoms with van der Waals surface area (Å²) in [7, 11) is 0. The van der Waals surface area contributed by atoms with E-state index in [0.717, 1.165) is 10.6 Å². The zero-order valence-corrected chi connectivity index (χ0v) is 16.8. The van der Waals surface area contributed by atoms with Crippen molar-refractivity contribution < 1.29 is 9.59 Å². The lowest BCUT2D eigenvalue weighted by Gasteiger charge is -2.35. The number of nitrogens with zero attached hydrogens (tertiary/aromatic N) is 4. The van der Waals surface area contributed by atoms with Gasteiger partial charge in [0.25, 0.3) is 0 Å². The fraction of sp³-hybridized carbons (Fsp3) is 0.368. The standard InChI is InChI=1S/C19H24N6O2S/c1-14(17(26)23-15-5-3-6-16(13-15)28-2)22-19(27)25-11-9-24(10-12-25)18-20-7-4-8-21-18/h3-8,13-14H,9-12H2,1-2H3,(H,22,27)(H,23,26). The summed E-state index contributed by atoms with van der Waals surface area (Å²) < 4.78 is 0. The van der Waals surface area contributed by atoms with Crippen molar-refractivity contribution in [2.75, 3.05) is 42.7 Å². The minimum atomic E-state index is -0.638. The molecule has 3 amide bonds. The number of anilines is 2. The van der Waals surface area contributed by atoms with Gasteiger partial charge in [-0.2, -0.15) is 0 Å². The van der Waals surface area contributed by atoms with E-state index < -0.39 is 6.04 Å². The topological polar surface area (TPSA) is 90.5 Å². The highest BCUT2D eigenvalue weighted by Gasteiger charge is 2.25. The fourth-order valence-electron chi connectivity index (χ4n) is 2.86. The highest BCUT2D eigenvalue weighted by Crippen LogP contribution is 2.19. The number of carbonyl (C=O) groups excluding carboxylic acids is 2. The van der Waals surface area contributed by atoms with Gasteiger partial charge in [-0.15, -0.1) is 11.8 Å². The molecule has 148 valence electrons. The predicted octanol–water partition coefficient (Wildman–Crippen LogP) is 2.06. The van der Waals surface area contributed by atoms with Crippen LogP contribution in [0.15, 0.2) is 47.6 Å². The first kappa shape index (κ1) is 19.9. The molecule has 1 aliphatic heterocycles. The van der Waals surface area contributed by atoms with E-state index in [0.29, 0.717) is 32.1 Å². The average Bonchev–Trinajstić information content (AvgIpc) is 2.74. The van der Waals surface area contributed by atoms with Gasteiger partial charge in [-0.1, -0.05) is 6.07 Å². The highest BCUT2D eigenvalue weighted by atomic mass is 32.2. The monoisotopic (exact) mass is 400 g/mol. The van der Waals surface area contributed by atoms with E-state index in [1.165, 1.54) is 0 Å².